The Morgan fingerprint density at radius 3 is 2.78 bits per heavy atom. The highest BCUT2D eigenvalue weighted by molar-refractivity contribution is 6.31. The molecule has 0 aliphatic heterocycles. The molecule has 0 spiro atoms. The smallest absolute Gasteiger partial charge is 0.133 e. The summed E-state index contributed by atoms with van der Waals surface area (Å²) in [6.07, 6.45) is 1.95. The zero-order chi connectivity index (χ0) is 13.1. The van der Waals surface area contributed by atoms with Gasteiger partial charge < -0.3 is 5.73 Å². The summed E-state index contributed by atoms with van der Waals surface area (Å²) in [4.78, 5) is 8.48. The summed E-state index contributed by atoms with van der Waals surface area (Å²) in [5.74, 6) is 0.198. The molecule has 0 bridgehead atoms. The molecule has 0 fully saturated rings. The Morgan fingerprint density at radius 2 is 2.17 bits per heavy atom. The van der Waals surface area contributed by atoms with Gasteiger partial charge in [0.1, 0.15) is 11.6 Å². The minimum Gasteiger partial charge on any atom is -0.326 e. The number of aromatic nitrogens is 2. The molecule has 0 radical (unpaired) electrons. The van der Waals surface area contributed by atoms with Crippen molar-refractivity contribution in [3.63, 3.8) is 0 Å². The lowest BCUT2D eigenvalue weighted by Crippen LogP contribution is -2.06. The van der Waals surface area contributed by atoms with E-state index in [0.717, 1.165) is 11.3 Å². The molecule has 3 nitrogen and oxygen atoms in total. The van der Waals surface area contributed by atoms with E-state index in [1.165, 1.54) is 6.07 Å². The van der Waals surface area contributed by atoms with Crippen LogP contribution in [0.5, 0.6) is 0 Å². The van der Waals surface area contributed by atoms with Crippen LogP contribution in [0.4, 0.5) is 4.39 Å². The number of rotatable bonds is 3. The molecule has 0 amide bonds. The topological polar surface area (TPSA) is 51.8 Å². The van der Waals surface area contributed by atoms with Crippen LogP contribution in [0.2, 0.25) is 5.02 Å². The van der Waals surface area contributed by atoms with Gasteiger partial charge in [0, 0.05) is 41.0 Å². The number of hydrogen-bond donors (Lipinski definition) is 1. The quantitative estimate of drug-likeness (QED) is 0.928. The molecule has 0 unspecified atom stereocenters. The summed E-state index contributed by atoms with van der Waals surface area (Å²) in [6.45, 7) is 2.25. The maximum absolute atomic E-state index is 13.6. The molecule has 2 rings (SSSR count). The van der Waals surface area contributed by atoms with Gasteiger partial charge in [-0.15, -0.1) is 0 Å². The largest absolute Gasteiger partial charge is 0.326 e. The van der Waals surface area contributed by atoms with Gasteiger partial charge in [-0.2, -0.15) is 0 Å². The molecule has 2 aromatic rings. The molecule has 94 valence electrons. The molecule has 0 saturated heterocycles. The monoisotopic (exact) mass is 265 g/mol. The molecule has 1 aromatic heterocycles. The van der Waals surface area contributed by atoms with E-state index in [1.807, 2.05) is 6.92 Å². The van der Waals surface area contributed by atoms with Crippen molar-refractivity contribution in [3.05, 3.63) is 57.9 Å². The first-order valence-corrected chi connectivity index (χ1v) is 5.94. The predicted octanol–water partition coefficient (Wildman–Crippen LogP) is 2.63. The van der Waals surface area contributed by atoms with Crippen molar-refractivity contribution in [2.24, 2.45) is 5.73 Å². The normalized spacial score (nSPS) is 10.7. The lowest BCUT2D eigenvalue weighted by molar-refractivity contribution is 0.612. The Labute approximate surface area is 110 Å². The Balaban J connectivity index is 2.32. The first-order valence-electron chi connectivity index (χ1n) is 5.56. The van der Waals surface area contributed by atoms with E-state index in [1.54, 1.807) is 18.3 Å². The van der Waals surface area contributed by atoms with E-state index in [9.17, 15) is 4.39 Å². The molecular weight excluding hydrogens is 253 g/mol. The third-order valence-corrected chi connectivity index (χ3v) is 3.10. The van der Waals surface area contributed by atoms with E-state index >= 15 is 0 Å². The van der Waals surface area contributed by atoms with E-state index in [2.05, 4.69) is 9.97 Å². The van der Waals surface area contributed by atoms with Gasteiger partial charge in [0.25, 0.3) is 0 Å². The number of nitrogens with zero attached hydrogens (tertiary/aromatic N) is 2. The van der Waals surface area contributed by atoms with Crippen LogP contribution in [-0.2, 0) is 13.0 Å². The fraction of sp³-hybridized carbons (Fsp3) is 0.231. The molecular formula is C13H13ClFN3. The standard InChI is InChI=1S/C13H13ClFN3/c1-8-9(6-16)7-17-13(18-8)5-10-11(14)3-2-4-12(10)15/h2-4,7H,5-6,16H2,1H3. The van der Waals surface area contributed by atoms with Crippen LogP contribution in [0.3, 0.4) is 0 Å². The first-order chi connectivity index (χ1) is 8.61. The summed E-state index contributed by atoms with van der Waals surface area (Å²) in [6, 6.07) is 4.61. The second-order valence-electron chi connectivity index (χ2n) is 3.98. The minimum absolute atomic E-state index is 0.275. The summed E-state index contributed by atoms with van der Waals surface area (Å²) in [5, 5.41) is 0.388. The fourth-order valence-corrected chi connectivity index (χ4v) is 1.91. The molecule has 1 heterocycles. The summed E-state index contributed by atoms with van der Waals surface area (Å²) < 4.78 is 13.6. The Morgan fingerprint density at radius 1 is 1.39 bits per heavy atom. The van der Waals surface area contributed by atoms with Crippen molar-refractivity contribution < 1.29 is 4.39 Å². The summed E-state index contributed by atoms with van der Waals surface area (Å²) in [5.41, 5.74) is 7.66. The van der Waals surface area contributed by atoms with Gasteiger partial charge in [-0.25, -0.2) is 14.4 Å². The average Bonchev–Trinajstić information content (AvgIpc) is 2.34. The molecule has 18 heavy (non-hydrogen) atoms. The minimum atomic E-state index is -0.341. The molecule has 5 heteroatoms. The zero-order valence-corrected chi connectivity index (χ0v) is 10.7. The summed E-state index contributed by atoms with van der Waals surface area (Å²) >= 11 is 5.96. The van der Waals surface area contributed by atoms with Crippen molar-refractivity contribution in [2.75, 3.05) is 0 Å². The van der Waals surface area contributed by atoms with E-state index < -0.39 is 0 Å². The van der Waals surface area contributed by atoms with Crippen molar-refractivity contribution >= 4 is 11.6 Å². The van der Waals surface area contributed by atoms with Gasteiger partial charge in [0.15, 0.2) is 0 Å². The molecule has 1 aromatic carbocycles. The molecule has 0 aliphatic carbocycles. The average molecular weight is 266 g/mol. The number of hydrogen-bond acceptors (Lipinski definition) is 3. The van der Waals surface area contributed by atoms with Crippen LogP contribution < -0.4 is 5.73 Å². The molecule has 0 saturated carbocycles. The van der Waals surface area contributed by atoms with E-state index in [-0.39, 0.29) is 12.2 Å². The van der Waals surface area contributed by atoms with Gasteiger partial charge in [-0.1, -0.05) is 17.7 Å². The maximum atomic E-state index is 13.6. The number of benzene rings is 1. The Bertz CT molecular complexity index is 552. The summed E-state index contributed by atoms with van der Waals surface area (Å²) in [7, 11) is 0. The molecule has 0 atom stereocenters. The Hall–Kier alpha value is -1.52. The highest BCUT2D eigenvalue weighted by Gasteiger charge is 2.10. The second kappa shape index (κ2) is 5.42. The van der Waals surface area contributed by atoms with Gasteiger partial charge in [0.2, 0.25) is 0 Å². The van der Waals surface area contributed by atoms with E-state index in [4.69, 9.17) is 17.3 Å². The van der Waals surface area contributed by atoms with Crippen LogP contribution in [0.1, 0.15) is 22.6 Å². The Kier molecular flexibility index (Phi) is 3.89. The number of halogens is 2. The van der Waals surface area contributed by atoms with Crippen LogP contribution in [0, 0.1) is 12.7 Å². The van der Waals surface area contributed by atoms with Crippen LogP contribution in [-0.4, -0.2) is 9.97 Å². The second-order valence-corrected chi connectivity index (χ2v) is 4.39. The van der Waals surface area contributed by atoms with Gasteiger partial charge in [0.05, 0.1) is 0 Å². The predicted molar refractivity (Wildman–Crippen MR) is 68.9 cm³/mol. The van der Waals surface area contributed by atoms with E-state index in [0.29, 0.717) is 23.0 Å². The van der Waals surface area contributed by atoms with Crippen molar-refractivity contribution in [1.82, 2.24) is 9.97 Å². The molecule has 2 N–H and O–H groups in total. The SMILES string of the molecule is Cc1nc(Cc2c(F)cccc2Cl)ncc1CN. The van der Waals surface area contributed by atoms with Gasteiger partial charge in [-0.05, 0) is 19.1 Å². The van der Waals surface area contributed by atoms with Crippen LogP contribution in [0.25, 0.3) is 0 Å². The third-order valence-electron chi connectivity index (χ3n) is 2.75. The highest BCUT2D eigenvalue weighted by atomic mass is 35.5. The van der Waals surface area contributed by atoms with Crippen molar-refractivity contribution in [2.45, 2.75) is 19.9 Å². The zero-order valence-electron chi connectivity index (χ0n) is 9.95. The number of nitrogens with two attached hydrogens (primary N) is 1. The van der Waals surface area contributed by atoms with Crippen LogP contribution in [0.15, 0.2) is 24.4 Å². The fourth-order valence-electron chi connectivity index (χ4n) is 1.69. The lowest BCUT2D eigenvalue weighted by Gasteiger charge is -2.07. The van der Waals surface area contributed by atoms with Gasteiger partial charge >= 0.3 is 0 Å². The molecule has 0 aliphatic rings. The maximum Gasteiger partial charge on any atom is 0.133 e. The first kappa shape index (κ1) is 12.9. The lowest BCUT2D eigenvalue weighted by atomic mass is 10.1. The number of aryl methyl sites for hydroxylation is 1. The highest BCUT2D eigenvalue weighted by Crippen LogP contribution is 2.21. The van der Waals surface area contributed by atoms with Crippen LogP contribution >= 0.6 is 11.6 Å². The third kappa shape index (κ3) is 2.66. The van der Waals surface area contributed by atoms with Crippen molar-refractivity contribution in [3.8, 4) is 0 Å². The van der Waals surface area contributed by atoms with Gasteiger partial charge in [-0.3, -0.25) is 0 Å². The van der Waals surface area contributed by atoms with Crippen molar-refractivity contribution in [1.29, 1.82) is 0 Å².